The highest BCUT2D eigenvalue weighted by Gasteiger charge is 2.02. The Morgan fingerprint density at radius 2 is 2.29 bits per heavy atom. The van der Waals surface area contributed by atoms with Crippen LogP contribution in [0.15, 0.2) is 23.1 Å². The van der Waals surface area contributed by atoms with E-state index in [2.05, 4.69) is 17.9 Å². The third-order valence-electron chi connectivity index (χ3n) is 1.71. The first-order valence-electron chi connectivity index (χ1n) is 4.42. The fraction of sp³-hybridized carbons (Fsp3) is 0.300. The van der Waals surface area contributed by atoms with E-state index >= 15 is 0 Å². The molecular weight excluding hydrogens is 218 g/mol. The Labute approximate surface area is 94.1 Å². The van der Waals surface area contributed by atoms with Crippen LogP contribution in [0.4, 0.5) is 5.69 Å². The number of carbonyl (C=O) groups is 1. The summed E-state index contributed by atoms with van der Waals surface area (Å²) >= 11 is 9.95. The minimum absolute atomic E-state index is 0.0163. The molecule has 0 atom stereocenters. The number of nitrogens with one attached hydrogen (secondary N) is 1. The number of carbonyl (C=O) groups excluding carboxylic acids is 1. The molecule has 1 aromatic rings. The smallest absolute Gasteiger partial charge is 0.224 e. The van der Waals surface area contributed by atoms with Crippen LogP contribution in [-0.2, 0) is 4.79 Å². The predicted octanol–water partition coefficient (Wildman–Crippen LogP) is 3.37. The molecule has 1 N–H and O–H groups in total. The maximum Gasteiger partial charge on any atom is 0.224 e. The fourth-order valence-electron chi connectivity index (χ4n) is 1.04. The third kappa shape index (κ3) is 3.24. The molecule has 0 aliphatic heterocycles. The lowest BCUT2D eigenvalue weighted by atomic mass is 10.3. The minimum Gasteiger partial charge on any atom is -0.326 e. The van der Waals surface area contributed by atoms with Crippen LogP contribution < -0.4 is 5.32 Å². The molecule has 76 valence electrons. The zero-order chi connectivity index (χ0) is 10.6. The average molecular weight is 230 g/mol. The van der Waals surface area contributed by atoms with Crippen molar-refractivity contribution in [2.75, 3.05) is 5.32 Å². The van der Waals surface area contributed by atoms with Crippen molar-refractivity contribution in [2.45, 2.75) is 24.7 Å². The van der Waals surface area contributed by atoms with Gasteiger partial charge in [0.1, 0.15) is 0 Å². The lowest BCUT2D eigenvalue weighted by molar-refractivity contribution is -0.116. The van der Waals surface area contributed by atoms with Crippen LogP contribution in [0.2, 0.25) is 5.02 Å². The van der Waals surface area contributed by atoms with Gasteiger partial charge in [-0.25, -0.2) is 0 Å². The highest BCUT2D eigenvalue weighted by Crippen LogP contribution is 2.23. The molecule has 0 saturated carbocycles. The average Bonchev–Trinajstić information content (AvgIpc) is 2.12. The Morgan fingerprint density at radius 3 is 2.86 bits per heavy atom. The van der Waals surface area contributed by atoms with Crippen molar-refractivity contribution in [2.24, 2.45) is 0 Å². The molecular formula is C10H12ClNOS. The van der Waals surface area contributed by atoms with Crippen LogP contribution in [0.25, 0.3) is 0 Å². The van der Waals surface area contributed by atoms with Gasteiger partial charge >= 0.3 is 0 Å². The molecule has 0 unspecified atom stereocenters. The minimum atomic E-state index is 0.0163. The molecule has 0 radical (unpaired) electrons. The van der Waals surface area contributed by atoms with Crippen LogP contribution >= 0.6 is 24.2 Å². The van der Waals surface area contributed by atoms with Gasteiger partial charge in [-0.3, -0.25) is 4.79 Å². The van der Waals surface area contributed by atoms with E-state index in [4.69, 9.17) is 11.6 Å². The largest absolute Gasteiger partial charge is 0.326 e. The number of anilines is 1. The van der Waals surface area contributed by atoms with Crippen molar-refractivity contribution >= 4 is 35.8 Å². The number of rotatable bonds is 3. The molecule has 0 aliphatic carbocycles. The summed E-state index contributed by atoms with van der Waals surface area (Å²) in [5.41, 5.74) is 0.734. The first-order valence-corrected chi connectivity index (χ1v) is 5.24. The molecule has 2 nitrogen and oxygen atoms in total. The summed E-state index contributed by atoms with van der Waals surface area (Å²) in [7, 11) is 0. The number of amides is 1. The van der Waals surface area contributed by atoms with Gasteiger partial charge < -0.3 is 5.32 Å². The zero-order valence-electron chi connectivity index (χ0n) is 7.88. The summed E-state index contributed by atoms with van der Waals surface area (Å²) < 4.78 is 0. The summed E-state index contributed by atoms with van der Waals surface area (Å²) in [5, 5.41) is 3.35. The summed E-state index contributed by atoms with van der Waals surface area (Å²) in [6, 6.07) is 5.21. The number of halogens is 1. The molecule has 0 aliphatic rings. The zero-order valence-corrected chi connectivity index (χ0v) is 9.53. The first kappa shape index (κ1) is 11.4. The van der Waals surface area contributed by atoms with Gasteiger partial charge in [0.05, 0.1) is 5.02 Å². The first-order chi connectivity index (χ1) is 6.63. The van der Waals surface area contributed by atoms with Crippen molar-refractivity contribution in [3.63, 3.8) is 0 Å². The van der Waals surface area contributed by atoms with Crippen LogP contribution in [-0.4, -0.2) is 5.91 Å². The summed E-state index contributed by atoms with van der Waals surface area (Å²) in [6.45, 7) is 1.96. The summed E-state index contributed by atoms with van der Waals surface area (Å²) in [4.78, 5) is 11.9. The van der Waals surface area contributed by atoms with E-state index in [1.807, 2.05) is 6.92 Å². The van der Waals surface area contributed by atoms with Gasteiger partial charge in [-0.1, -0.05) is 18.5 Å². The maximum absolute atomic E-state index is 11.2. The Kier molecular flexibility index (Phi) is 4.29. The Balaban J connectivity index is 2.68. The Bertz CT molecular complexity index is 341. The van der Waals surface area contributed by atoms with E-state index in [9.17, 15) is 4.79 Å². The molecule has 14 heavy (non-hydrogen) atoms. The van der Waals surface area contributed by atoms with Crippen LogP contribution in [0.3, 0.4) is 0 Å². The molecule has 0 bridgehead atoms. The topological polar surface area (TPSA) is 29.1 Å². The maximum atomic E-state index is 11.2. The van der Waals surface area contributed by atoms with Crippen LogP contribution in [0.1, 0.15) is 19.8 Å². The van der Waals surface area contributed by atoms with E-state index in [0.29, 0.717) is 16.3 Å². The molecule has 4 heteroatoms. The molecule has 1 rings (SSSR count). The van der Waals surface area contributed by atoms with Crippen LogP contribution in [0, 0.1) is 0 Å². The van der Waals surface area contributed by atoms with Crippen molar-refractivity contribution < 1.29 is 4.79 Å². The van der Waals surface area contributed by atoms with E-state index < -0.39 is 0 Å². The lowest BCUT2D eigenvalue weighted by Crippen LogP contribution is -2.10. The molecule has 0 heterocycles. The second-order valence-electron chi connectivity index (χ2n) is 2.96. The quantitative estimate of drug-likeness (QED) is 0.765. The normalized spacial score (nSPS) is 9.93. The molecule has 1 amide bonds. The van der Waals surface area contributed by atoms with Crippen molar-refractivity contribution in [3.8, 4) is 0 Å². The molecule has 0 saturated heterocycles. The standard InChI is InChI=1S/C10H12ClNOS/c1-2-3-10(13)12-7-4-5-8(11)9(14)6-7/h4-6,14H,2-3H2,1H3,(H,12,13). The second-order valence-corrected chi connectivity index (χ2v) is 3.85. The monoisotopic (exact) mass is 229 g/mol. The van der Waals surface area contributed by atoms with E-state index in [1.54, 1.807) is 18.2 Å². The van der Waals surface area contributed by atoms with Gasteiger partial charge in [0.25, 0.3) is 0 Å². The summed E-state index contributed by atoms with van der Waals surface area (Å²) in [5.74, 6) is 0.0163. The Morgan fingerprint density at radius 1 is 1.57 bits per heavy atom. The van der Waals surface area contributed by atoms with Gasteiger partial charge in [0.2, 0.25) is 5.91 Å². The fourth-order valence-corrected chi connectivity index (χ4v) is 1.37. The number of benzene rings is 1. The number of hydrogen-bond acceptors (Lipinski definition) is 2. The van der Waals surface area contributed by atoms with Crippen LogP contribution in [0.5, 0.6) is 0 Å². The SMILES string of the molecule is CCCC(=O)Nc1ccc(Cl)c(S)c1. The van der Waals surface area contributed by atoms with Gasteiger partial charge in [0, 0.05) is 17.0 Å². The second kappa shape index (κ2) is 5.27. The predicted molar refractivity (Wildman–Crippen MR) is 62.2 cm³/mol. The summed E-state index contributed by atoms with van der Waals surface area (Å²) in [6.07, 6.45) is 1.37. The molecule has 0 spiro atoms. The van der Waals surface area contributed by atoms with Gasteiger partial charge in [-0.2, -0.15) is 0 Å². The van der Waals surface area contributed by atoms with E-state index in [1.165, 1.54) is 0 Å². The van der Waals surface area contributed by atoms with Crippen molar-refractivity contribution in [3.05, 3.63) is 23.2 Å². The van der Waals surface area contributed by atoms with E-state index in [0.717, 1.165) is 12.1 Å². The lowest BCUT2D eigenvalue weighted by Gasteiger charge is -2.05. The molecule has 0 fully saturated rings. The van der Waals surface area contributed by atoms with Gasteiger partial charge in [-0.05, 0) is 24.6 Å². The van der Waals surface area contributed by atoms with Gasteiger partial charge in [0.15, 0.2) is 0 Å². The molecule has 1 aromatic carbocycles. The third-order valence-corrected chi connectivity index (χ3v) is 2.54. The van der Waals surface area contributed by atoms with Crippen molar-refractivity contribution in [1.82, 2.24) is 0 Å². The van der Waals surface area contributed by atoms with Gasteiger partial charge in [-0.15, -0.1) is 12.6 Å². The highest BCUT2D eigenvalue weighted by atomic mass is 35.5. The Hall–Kier alpha value is -0.670. The highest BCUT2D eigenvalue weighted by molar-refractivity contribution is 7.80. The number of thiol groups is 1. The van der Waals surface area contributed by atoms with Crippen molar-refractivity contribution in [1.29, 1.82) is 0 Å². The number of hydrogen-bond donors (Lipinski definition) is 2. The van der Waals surface area contributed by atoms with E-state index in [-0.39, 0.29) is 5.91 Å². The molecule has 0 aromatic heterocycles.